The van der Waals surface area contributed by atoms with Crippen LogP contribution < -0.4 is 20.5 Å². The Kier molecular flexibility index (Phi) is 4.14. The van der Waals surface area contributed by atoms with E-state index in [-0.39, 0.29) is 0 Å². The third kappa shape index (κ3) is 3.30. The maximum absolute atomic E-state index is 5.89. The van der Waals surface area contributed by atoms with Crippen LogP contribution >= 0.6 is 0 Å². The molecule has 0 saturated heterocycles. The highest BCUT2D eigenvalue weighted by molar-refractivity contribution is 5.92. The second-order valence-corrected chi connectivity index (χ2v) is 4.68. The molecule has 0 unspecified atom stereocenters. The summed E-state index contributed by atoms with van der Waals surface area (Å²) in [5.74, 6) is 2.51. The zero-order valence-corrected chi connectivity index (χ0v) is 11.6. The van der Waals surface area contributed by atoms with E-state index in [1.807, 2.05) is 18.2 Å². The van der Waals surface area contributed by atoms with E-state index in [1.165, 1.54) is 0 Å². The molecule has 0 bridgehead atoms. The number of nitrogens with two attached hydrogens (primary N) is 1. The second-order valence-electron chi connectivity index (χ2n) is 4.68. The Morgan fingerprint density at radius 1 is 1.37 bits per heavy atom. The summed E-state index contributed by atoms with van der Waals surface area (Å²) in [4.78, 5) is 4.45. The van der Waals surface area contributed by atoms with Gasteiger partial charge in [0.2, 0.25) is 0 Å². The van der Waals surface area contributed by atoms with Gasteiger partial charge in [0.05, 0.1) is 20.3 Å². The zero-order chi connectivity index (χ0) is 13.8. The Balaban J connectivity index is 2.03. The molecule has 1 aromatic carbocycles. The van der Waals surface area contributed by atoms with Gasteiger partial charge < -0.3 is 20.5 Å². The molecule has 0 aliphatic heterocycles. The molecule has 1 aliphatic carbocycles. The fourth-order valence-electron chi connectivity index (χ4n) is 2.10. The molecule has 5 nitrogen and oxygen atoms in total. The van der Waals surface area contributed by atoms with E-state index in [4.69, 9.17) is 15.2 Å². The van der Waals surface area contributed by atoms with Crippen molar-refractivity contribution in [2.45, 2.75) is 25.8 Å². The molecule has 104 valence electrons. The lowest BCUT2D eigenvalue weighted by atomic mass is 10.3. The maximum Gasteiger partial charge on any atom is 0.193 e. The topological polar surface area (TPSA) is 68.9 Å². The Labute approximate surface area is 113 Å². The van der Waals surface area contributed by atoms with Gasteiger partial charge in [0.25, 0.3) is 0 Å². The molecule has 0 amide bonds. The highest BCUT2D eigenvalue weighted by Crippen LogP contribution is 2.36. The lowest BCUT2D eigenvalue weighted by Gasteiger charge is -2.10. The first-order valence-electron chi connectivity index (χ1n) is 6.50. The van der Waals surface area contributed by atoms with E-state index < -0.39 is 0 Å². The molecule has 1 saturated carbocycles. The zero-order valence-electron chi connectivity index (χ0n) is 11.6. The van der Waals surface area contributed by atoms with Gasteiger partial charge in [-0.1, -0.05) is 13.3 Å². The first kappa shape index (κ1) is 13.5. The number of methoxy groups -OCH3 is 2. The lowest BCUT2D eigenvalue weighted by Crippen LogP contribution is -2.23. The van der Waals surface area contributed by atoms with Crippen LogP contribution in [0.25, 0.3) is 0 Å². The van der Waals surface area contributed by atoms with E-state index in [9.17, 15) is 0 Å². The normalized spacial score (nSPS) is 21.9. The van der Waals surface area contributed by atoms with Crippen LogP contribution in [0.2, 0.25) is 0 Å². The molecule has 0 aromatic heterocycles. The number of aliphatic imine (C=N–C) groups is 1. The van der Waals surface area contributed by atoms with Crippen molar-refractivity contribution in [1.29, 1.82) is 0 Å². The fourth-order valence-corrected chi connectivity index (χ4v) is 2.10. The van der Waals surface area contributed by atoms with Crippen LogP contribution in [0.5, 0.6) is 11.5 Å². The Bertz CT molecular complexity index is 474. The number of nitrogens with one attached hydrogen (secondary N) is 1. The highest BCUT2D eigenvalue weighted by atomic mass is 16.5. The number of hydrogen-bond donors (Lipinski definition) is 2. The Hall–Kier alpha value is -1.91. The summed E-state index contributed by atoms with van der Waals surface area (Å²) in [6.07, 6.45) is 2.31. The number of benzene rings is 1. The molecule has 0 heterocycles. The first-order chi connectivity index (χ1) is 9.17. The average molecular weight is 263 g/mol. The lowest BCUT2D eigenvalue weighted by molar-refractivity contribution is 0.355. The van der Waals surface area contributed by atoms with Gasteiger partial charge in [-0.3, -0.25) is 0 Å². The van der Waals surface area contributed by atoms with Gasteiger partial charge in [0.15, 0.2) is 17.5 Å². The number of rotatable bonds is 5. The van der Waals surface area contributed by atoms with Crippen LogP contribution in [0.4, 0.5) is 5.69 Å². The van der Waals surface area contributed by atoms with Crippen LogP contribution in [0, 0.1) is 5.92 Å². The standard InChI is InChI=1S/C14H21N3O2/c1-4-9-7-11(9)17-14(15)16-10-5-6-12(18-2)13(8-10)19-3/h5-6,8-9,11H,4,7H2,1-3H3,(H3,15,16,17)/t9-,11-/m1/s1. The summed E-state index contributed by atoms with van der Waals surface area (Å²) in [6.45, 7) is 2.18. The fraction of sp³-hybridized carbons (Fsp3) is 0.500. The second kappa shape index (κ2) is 5.82. The monoisotopic (exact) mass is 263 g/mol. The minimum atomic E-state index is 0.387. The molecule has 3 N–H and O–H groups in total. The van der Waals surface area contributed by atoms with Crippen LogP contribution in [0.1, 0.15) is 19.8 Å². The number of guanidine groups is 1. The van der Waals surface area contributed by atoms with Gasteiger partial charge >= 0.3 is 0 Å². The molecule has 2 atom stereocenters. The summed E-state index contributed by atoms with van der Waals surface area (Å²) < 4.78 is 10.4. The van der Waals surface area contributed by atoms with Crippen molar-refractivity contribution in [3.8, 4) is 11.5 Å². The third-order valence-electron chi connectivity index (χ3n) is 3.37. The predicted molar refractivity (Wildman–Crippen MR) is 77.0 cm³/mol. The van der Waals surface area contributed by atoms with Crippen molar-refractivity contribution >= 4 is 11.6 Å². The van der Waals surface area contributed by atoms with Gasteiger partial charge in [-0.25, -0.2) is 4.99 Å². The predicted octanol–water partition coefficient (Wildman–Crippen LogP) is 2.23. The van der Waals surface area contributed by atoms with Crippen LogP contribution in [0.15, 0.2) is 23.2 Å². The molecule has 1 aliphatic rings. The number of anilines is 1. The SMILES string of the molecule is CC[C@@H]1C[C@H]1N=C(N)Nc1ccc(OC)c(OC)c1. The van der Waals surface area contributed by atoms with Crippen molar-refractivity contribution in [2.75, 3.05) is 19.5 Å². The molecule has 19 heavy (non-hydrogen) atoms. The summed E-state index contributed by atoms with van der Waals surface area (Å²) in [7, 11) is 3.22. The van der Waals surface area contributed by atoms with Gasteiger partial charge in [0, 0.05) is 11.8 Å². The molecule has 0 radical (unpaired) electrons. The Morgan fingerprint density at radius 2 is 2.11 bits per heavy atom. The van der Waals surface area contributed by atoms with E-state index >= 15 is 0 Å². The van der Waals surface area contributed by atoms with Crippen LogP contribution in [-0.4, -0.2) is 26.2 Å². The molecular formula is C14H21N3O2. The van der Waals surface area contributed by atoms with Gasteiger partial charge in [0.1, 0.15) is 0 Å². The van der Waals surface area contributed by atoms with E-state index in [0.717, 1.165) is 18.5 Å². The molecule has 5 heteroatoms. The highest BCUT2D eigenvalue weighted by Gasteiger charge is 2.35. The molecule has 1 fully saturated rings. The molecule has 2 rings (SSSR count). The van der Waals surface area contributed by atoms with Crippen molar-refractivity contribution in [3.63, 3.8) is 0 Å². The summed E-state index contributed by atoms with van der Waals surface area (Å²) in [6, 6.07) is 5.94. The number of nitrogens with zero attached hydrogens (tertiary/aromatic N) is 1. The van der Waals surface area contributed by atoms with Crippen LogP contribution in [-0.2, 0) is 0 Å². The summed E-state index contributed by atoms with van der Waals surface area (Å²) >= 11 is 0. The van der Waals surface area contributed by atoms with E-state index in [1.54, 1.807) is 14.2 Å². The van der Waals surface area contributed by atoms with Crippen molar-refractivity contribution in [2.24, 2.45) is 16.6 Å². The number of ether oxygens (including phenoxy) is 2. The van der Waals surface area contributed by atoms with Crippen molar-refractivity contribution < 1.29 is 9.47 Å². The van der Waals surface area contributed by atoms with Gasteiger partial charge in [-0.15, -0.1) is 0 Å². The quantitative estimate of drug-likeness (QED) is 0.631. The van der Waals surface area contributed by atoms with Gasteiger partial charge in [-0.2, -0.15) is 0 Å². The summed E-state index contributed by atoms with van der Waals surface area (Å²) in [5.41, 5.74) is 6.73. The van der Waals surface area contributed by atoms with Crippen LogP contribution in [0.3, 0.4) is 0 Å². The largest absolute Gasteiger partial charge is 0.493 e. The third-order valence-corrected chi connectivity index (χ3v) is 3.37. The minimum Gasteiger partial charge on any atom is -0.493 e. The van der Waals surface area contributed by atoms with E-state index in [2.05, 4.69) is 17.2 Å². The van der Waals surface area contributed by atoms with Gasteiger partial charge in [-0.05, 0) is 24.5 Å². The summed E-state index contributed by atoms with van der Waals surface area (Å²) in [5, 5.41) is 3.08. The molecule has 1 aromatic rings. The average Bonchev–Trinajstić information content (AvgIpc) is 3.16. The smallest absolute Gasteiger partial charge is 0.193 e. The van der Waals surface area contributed by atoms with Crippen molar-refractivity contribution in [1.82, 2.24) is 0 Å². The minimum absolute atomic E-state index is 0.387. The Morgan fingerprint density at radius 3 is 2.68 bits per heavy atom. The van der Waals surface area contributed by atoms with E-state index in [0.29, 0.717) is 29.4 Å². The first-order valence-corrected chi connectivity index (χ1v) is 6.50. The molecular weight excluding hydrogens is 242 g/mol. The maximum atomic E-state index is 5.89. The van der Waals surface area contributed by atoms with Crippen molar-refractivity contribution in [3.05, 3.63) is 18.2 Å². The molecule has 0 spiro atoms. The number of hydrogen-bond acceptors (Lipinski definition) is 3.